The van der Waals surface area contributed by atoms with Gasteiger partial charge in [-0.15, -0.1) is 0 Å². The maximum Gasteiger partial charge on any atom is 0.328 e. The van der Waals surface area contributed by atoms with E-state index >= 15 is 0 Å². The van der Waals surface area contributed by atoms with Crippen molar-refractivity contribution in [3.63, 3.8) is 0 Å². The Kier molecular flexibility index (Phi) is 3.25. The van der Waals surface area contributed by atoms with E-state index in [0.717, 1.165) is 29.8 Å². The maximum absolute atomic E-state index is 10.6. The number of aryl methyl sites for hydroxylation is 2. The minimum absolute atomic E-state index is 0.916. The second-order valence-corrected chi connectivity index (χ2v) is 4.87. The third kappa shape index (κ3) is 2.57. The van der Waals surface area contributed by atoms with Crippen molar-refractivity contribution in [2.75, 3.05) is 5.32 Å². The van der Waals surface area contributed by atoms with Gasteiger partial charge in [0.05, 0.1) is 0 Å². The number of hydrogen-bond acceptors (Lipinski definition) is 2. The van der Waals surface area contributed by atoms with E-state index in [2.05, 4.69) is 23.5 Å². The van der Waals surface area contributed by atoms with Gasteiger partial charge < -0.3 is 10.4 Å². The number of anilines is 2. The van der Waals surface area contributed by atoms with E-state index in [1.54, 1.807) is 6.08 Å². The number of aliphatic carboxylic acids is 1. The molecule has 0 unspecified atom stereocenters. The Balaban J connectivity index is 1.93. The summed E-state index contributed by atoms with van der Waals surface area (Å²) in [5, 5.41) is 12.1. The second kappa shape index (κ2) is 5.21. The molecule has 0 saturated heterocycles. The molecule has 0 atom stereocenters. The first kappa shape index (κ1) is 12.5. The van der Waals surface area contributed by atoms with E-state index in [-0.39, 0.29) is 0 Å². The molecule has 100 valence electrons. The SMILES string of the molecule is O=C(O)C=Cc1ccc2c(c1)CCc1ccccc1N2. The molecule has 2 N–H and O–H groups in total. The first-order valence-corrected chi connectivity index (χ1v) is 6.61. The molecule has 3 heteroatoms. The van der Waals surface area contributed by atoms with Crippen LogP contribution in [0.2, 0.25) is 0 Å². The highest BCUT2D eigenvalue weighted by atomic mass is 16.4. The fraction of sp³-hybridized carbons (Fsp3) is 0.118. The van der Waals surface area contributed by atoms with Crippen LogP contribution in [0.25, 0.3) is 6.08 Å². The molecule has 1 aliphatic rings. The van der Waals surface area contributed by atoms with Gasteiger partial charge >= 0.3 is 5.97 Å². The van der Waals surface area contributed by atoms with Gasteiger partial charge in [-0.05, 0) is 53.8 Å². The van der Waals surface area contributed by atoms with Crippen molar-refractivity contribution in [3.8, 4) is 0 Å². The Labute approximate surface area is 117 Å². The Bertz CT molecular complexity index is 689. The Morgan fingerprint density at radius 2 is 1.80 bits per heavy atom. The van der Waals surface area contributed by atoms with Gasteiger partial charge in [-0.1, -0.05) is 24.3 Å². The van der Waals surface area contributed by atoms with Crippen LogP contribution in [-0.4, -0.2) is 11.1 Å². The smallest absolute Gasteiger partial charge is 0.328 e. The zero-order chi connectivity index (χ0) is 13.9. The molecule has 1 aliphatic heterocycles. The summed E-state index contributed by atoms with van der Waals surface area (Å²) in [5.74, 6) is -0.925. The molecular formula is C17H15NO2. The average molecular weight is 265 g/mol. The molecule has 0 aliphatic carbocycles. The van der Waals surface area contributed by atoms with Gasteiger partial charge in [0.25, 0.3) is 0 Å². The summed E-state index contributed by atoms with van der Waals surface area (Å²) in [6.07, 6.45) is 4.73. The molecular weight excluding hydrogens is 250 g/mol. The van der Waals surface area contributed by atoms with Crippen LogP contribution in [-0.2, 0) is 17.6 Å². The van der Waals surface area contributed by atoms with Crippen molar-refractivity contribution in [1.82, 2.24) is 0 Å². The normalized spacial score (nSPS) is 13.2. The van der Waals surface area contributed by atoms with Crippen LogP contribution in [0.1, 0.15) is 16.7 Å². The van der Waals surface area contributed by atoms with E-state index < -0.39 is 5.97 Å². The molecule has 2 aromatic rings. The van der Waals surface area contributed by atoms with Gasteiger partial charge in [-0.2, -0.15) is 0 Å². The predicted octanol–water partition coefficient (Wildman–Crippen LogP) is 3.63. The number of carboxylic acids is 1. The number of benzene rings is 2. The van der Waals surface area contributed by atoms with E-state index in [0.29, 0.717) is 0 Å². The van der Waals surface area contributed by atoms with Crippen molar-refractivity contribution in [3.05, 3.63) is 65.2 Å². The van der Waals surface area contributed by atoms with Gasteiger partial charge in [0.2, 0.25) is 0 Å². The molecule has 0 amide bonds. The number of nitrogens with one attached hydrogen (secondary N) is 1. The van der Waals surface area contributed by atoms with E-state index in [4.69, 9.17) is 5.11 Å². The third-order valence-corrected chi connectivity index (χ3v) is 3.50. The van der Waals surface area contributed by atoms with Gasteiger partial charge in [0, 0.05) is 17.5 Å². The minimum Gasteiger partial charge on any atom is -0.478 e. The van der Waals surface area contributed by atoms with Gasteiger partial charge in [0.15, 0.2) is 0 Å². The third-order valence-electron chi connectivity index (χ3n) is 3.50. The molecule has 0 bridgehead atoms. The highest BCUT2D eigenvalue weighted by Gasteiger charge is 2.12. The largest absolute Gasteiger partial charge is 0.478 e. The van der Waals surface area contributed by atoms with Crippen LogP contribution in [0.3, 0.4) is 0 Å². The summed E-state index contributed by atoms with van der Waals surface area (Å²) >= 11 is 0. The monoisotopic (exact) mass is 265 g/mol. The van der Waals surface area contributed by atoms with Crippen LogP contribution in [0.5, 0.6) is 0 Å². The number of carbonyl (C=O) groups is 1. The Morgan fingerprint density at radius 3 is 2.65 bits per heavy atom. The molecule has 0 saturated carbocycles. The summed E-state index contributed by atoms with van der Waals surface area (Å²) in [4.78, 5) is 10.6. The van der Waals surface area contributed by atoms with Crippen LogP contribution < -0.4 is 5.32 Å². The zero-order valence-electron chi connectivity index (χ0n) is 11.0. The van der Waals surface area contributed by atoms with E-state index in [9.17, 15) is 4.79 Å². The lowest BCUT2D eigenvalue weighted by Crippen LogP contribution is -1.93. The topological polar surface area (TPSA) is 49.3 Å². The van der Waals surface area contributed by atoms with E-state index in [1.165, 1.54) is 17.2 Å². The molecule has 20 heavy (non-hydrogen) atoms. The van der Waals surface area contributed by atoms with E-state index in [1.807, 2.05) is 24.3 Å². The summed E-state index contributed by atoms with van der Waals surface area (Å²) in [7, 11) is 0. The minimum atomic E-state index is -0.925. The fourth-order valence-electron chi connectivity index (χ4n) is 2.49. The van der Waals surface area contributed by atoms with Crippen molar-refractivity contribution in [1.29, 1.82) is 0 Å². The number of hydrogen-bond donors (Lipinski definition) is 2. The standard InChI is InChI=1S/C17H15NO2/c19-17(20)10-6-12-5-9-16-14(11-12)8-7-13-3-1-2-4-15(13)18-16/h1-6,9-11,18H,7-8H2,(H,19,20). The second-order valence-electron chi connectivity index (χ2n) is 4.87. The number of carboxylic acid groups (broad SMARTS) is 1. The molecule has 0 fully saturated rings. The lowest BCUT2D eigenvalue weighted by molar-refractivity contribution is -0.131. The molecule has 0 spiro atoms. The van der Waals surface area contributed by atoms with Crippen LogP contribution >= 0.6 is 0 Å². The summed E-state index contributed by atoms with van der Waals surface area (Å²) in [5.41, 5.74) is 5.70. The molecule has 0 radical (unpaired) electrons. The number of para-hydroxylation sites is 1. The van der Waals surface area contributed by atoms with Crippen molar-refractivity contribution in [2.45, 2.75) is 12.8 Å². The molecule has 1 heterocycles. The highest BCUT2D eigenvalue weighted by molar-refractivity contribution is 5.85. The summed E-state index contributed by atoms with van der Waals surface area (Å²) < 4.78 is 0. The van der Waals surface area contributed by atoms with Crippen LogP contribution in [0.15, 0.2) is 48.5 Å². The quantitative estimate of drug-likeness (QED) is 0.815. The molecule has 3 rings (SSSR count). The van der Waals surface area contributed by atoms with Crippen molar-refractivity contribution >= 4 is 23.4 Å². The van der Waals surface area contributed by atoms with Gasteiger partial charge in [-0.25, -0.2) is 4.79 Å². The van der Waals surface area contributed by atoms with Gasteiger partial charge in [0.1, 0.15) is 0 Å². The Morgan fingerprint density at radius 1 is 1.05 bits per heavy atom. The molecule has 0 aromatic heterocycles. The Hall–Kier alpha value is -2.55. The average Bonchev–Trinajstić information content (AvgIpc) is 2.63. The molecule has 3 nitrogen and oxygen atoms in total. The van der Waals surface area contributed by atoms with Crippen molar-refractivity contribution in [2.24, 2.45) is 0 Å². The number of fused-ring (bicyclic) bond motifs is 2. The van der Waals surface area contributed by atoms with Gasteiger partial charge in [-0.3, -0.25) is 0 Å². The summed E-state index contributed by atoms with van der Waals surface area (Å²) in [6, 6.07) is 14.3. The number of rotatable bonds is 2. The first-order chi connectivity index (χ1) is 9.72. The maximum atomic E-state index is 10.6. The lowest BCUT2D eigenvalue weighted by atomic mass is 10.0. The van der Waals surface area contributed by atoms with Crippen LogP contribution in [0, 0.1) is 0 Å². The lowest BCUT2D eigenvalue weighted by Gasteiger charge is -2.10. The highest BCUT2D eigenvalue weighted by Crippen LogP contribution is 2.30. The summed E-state index contributed by atoms with van der Waals surface area (Å²) in [6.45, 7) is 0. The zero-order valence-corrected chi connectivity index (χ0v) is 11.0. The fourth-order valence-corrected chi connectivity index (χ4v) is 2.49. The first-order valence-electron chi connectivity index (χ1n) is 6.61. The van der Waals surface area contributed by atoms with Crippen molar-refractivity contribution < 1.29 is 9.90 Å². The predicted molar refractivity (Wildman–Crippen MR) is 80.2 cm³/mol. The van der Waals surface area contributed by atoms with Crippen LogP contribution in [0.4, 0.5) is 11.4 Å². The molecule has 2 aromatic carbocycles.